The summed E-state index contributed by atoms with van der Waals surface area (Å²) in [4.78, 5) is 6.85. The number of rotatable bonds is 4. The van der Waals surface area contributed by atoms with Gasteiger partial charge < -0.3 is 9.88 Å². The van der Waals surface area contributed by atoms with Crippen molar-refractivity contribution >= 4 is 0 Å². The Balaban J connectivity index is 1.98. The third-order valence-corrected chi connectivity index (χ3v) is 3.98. The van der Waals surface area contributed by atoms with Crippen molar-refractivity contribution in [1.29, 1.82) is 0 Å². The van der Waals surface area contributed by atoms with E-state index in [0.29, 0.717) is 12.1 Å². The maximum absolute atomic E-state index is 4.40. The Morgan fingerprint density at radius 3 is 2.88 bits per heavy atom. The van der Waals surface area contributed by atoms with Crippen LogP contribution < -0.4 is 5.32 Å². The minimum Gasteiger partial charge on any atom is -0.337 e. The molecule has 0 aromatic carbocycles. The first-order valence-corrected chi connectivity index (χ1v) is 6.56. The van der Waals surface area contributed by atoms with Crippen LogP contribution in [0.2, 0.25) is 0 Å². The van der Waals surface area contributed by atoms with Crippen molar-refractivity contribution in [3.05, 3.63) is 18.2 Å². The fourth-order valence-corrected chi connectivity index (χ4v) is 2.86. The van der Waals surface area contributed by atoms with Crippen LogP contribution in [0.1, 0.15) is 31.5 Å². The average molecular weight is 236 g/mol. The van der Waals surface area contributed by atoms with E-state index in [0.717, 1.165) is 12.4 Å². The lowest BCUT2D eigenvalue weighted by Gasteiger charge is -2.37. The molecule has 4 nitrogen and oxygen atoms in total. The number of hydrogen-bond acceptors (Lipinski definition) is 3. The highest BCUT2D eigenvalue weighted by atomic mass is 15.2. The molecule has 1 heterocycles. The molecular weight excluding hydrogens is 212 g/mol. The van der Waals surface area contributed by atoms with Gasteiger partial charge in [-0.2, -0.15) is 0 Å². The number of imidazole rings is 1. The van der Waals surface area contributed by atoms with Crippen LogP contribution >= 0.6 is 0 Å². The van der Waals surface area contributed by atoms with Crippen molar-refractivity contribution in [3.63, 3.8) is 0 Å². The van der Waals surface area contributed by atoms with Crippen LogP contribution in [0, 0.1) is 0 Å². The molecule has 1 aromatic rings. The van der Waals surface area contributed by atoms with E-state index in [4.69, 9.17) is 0 Å². The molecule has 2 rings (SSSR count). The van der Waals surface area contributed by atoms with Gasteiger partial charge in [0.05, 0.1) is 6.54 Å². The molecule has 0 radical (unpaired) electrons. The van der Waals surface area contributed by atoms with E-state index in [1.54, 1.807) is 0 Å². The number of hydrogen-bond donors (Lipinski definition) is 1. The van der Waals surface area contributed by atoms with E-state index in [2.05, 4.69) is 40.9 Å². The van der Waals surface area contributed by atoms with E-state index in [9.17, 15) is 0 Å². The van der Waals surface area contributed by atoms with Gasteiger partial charge in [0.15, 0.2) is 0 Å². The molecule has 2 atom stereocenters. The monoisotopic (exact) mass is 236 g/mol. The molecule has 0 saturated heterocycles. The van der Waals surface area contributed by atoms with Crippen molar-refractivity contribution in [3.8, 4) is 0 Å². The van der Waals surface area contributed by atoms with Gasteiger partial charge >= 0.3 is 0 Å². The maximum Gasteiger partial charge on any atom is 0.122 e. The van der Waals surface area contributed by atoms with Crippen LogP contribution in [0.4, 0.5) is 0 Å². The highest BCUT2D eigenvalue weighted by Gasteiger charge is 2.27. The van der Waals surface area contributed by atoms with Crippen LogP contribution in [0.15, 0.2) is 12.4 Å². The quantitative estimate of drug-likeness (QED) is 0.857. The van der Waals surface area contributed by atoms with Crippen LogP contribution in [0.3, 0.4) is 0 Å². The van der Waals surface area contributed by atoms with E-state index < -0.39 is 0 Å². The molecule has 1 fully saturated rings. The standard InChI is InChI=1S/C13H24N4/c1-14-11-6-4-5-7-12(11)17(3)10-13-15-8-9-16(13)2/h8-9,11-12,14H,4-7,10H2,1-3H3. The van der Waals surface area contributed by atoms with E-state index in [1.807, 2.05) is 12.4 Å². The smallest absolute Gasteiger partial charge is 0.122 e. The van der Waals surface area contributed by atoms with Gasteiger partial charge in [-0.3, -0.25) is 4.90 Å². The summed E-state index contributed by atoms with van der Waals surface area (Å²) in [7, 11) is 6.36. The van der Waals surface area contributed by atoms with Gasteiger partial charge in [0, 0.05) is 31.5 Å². The minimum absolute atomic E-state index is 0.633. The zero-order chi connectivity index (χ0) is 12.3. The Labute approximate surface area is 104 Å². The molecule has 0 bridgehead atoms. The molecule has 0 aliphatic heterocycles. The molecule has 1 aliphatic carbocycles. The van der Waals surface area contributed by atoms with Gasteiger partial charge in [-0.15, -0.1) is 0 Å². The number of likely N-dealkylation sites (N-methyl/N-ethyl adjacent to an activating group) is 2. The van der Waals surface area contributed by atoms with Gasteiger partial charge in [0.25, 0.3) is 0 Å². The summed E-state index contributed by atoms with van der Waals surface area (Å²) in [5.74, 6) is 1.15. The van der Waals surface area contributed by atoms with Gasteiger partial charge in [-0.25, -0.2) is 4.98 Å². The second-order valence-corrected chi connectivity index (χ2v) is 5.12. The molecule has 96 valence electrons. The Hall–Kier alpha value is -0.870. The number of aryl methyl sites for hydroxylation is 1. The Morgan fingerprint density at radius 1 is 1.47 bits per heavy atom. The Morgan fingerprint density at radius 2 is 2.24 bits per heavy atom. The average Bonchev–Trinajstić information content (AvgIpc) is 2.75. The summed E-state index contributed by atoms with van der Waals surface area (Å²) < 4.78 is 2.10. The first-order valence-electron chi connectivity index (χ1n) is 6.56. The zero-order valence-corrected chi connectivity index (χ0v) is 11.2. The molecule has 1 aromatic heterocycles. The minimum atomic E-state index is 0.633. The summed E-state index contributed by atoms with van der Waals surface area (Å²) in [6.07, 6.45) is 9.20. The lowest BCUT2D eigenvalue weighted by Crippen LogP contribution is -2.49. The van der Waals surface area contributed by atoms with Gasteiger partial charge in [0.1, 0.15) is 5.82 Å². The third kappa shape index (κ3) is 2.87. The fourth-order valence-electron chi connectivity index (χ4n) is 2.86. The maximum atomic E-state index is 4.40. The molecule has 2 unspecified atom stereocenters. The summed E-state index contributed by atoms with van der Waals surface area (Å²) in [6, 6.07) is 1.28. The van der Waals surface area contributed by atoms with Crippen LogP contribution in [0.5, 0.6) is 0 Å². The topological polar surface area (TPSA) is 33.1 Å². The lowest BCUT2D eigenvalue weighted by molar-refractivity contribution is 0.143. The van der Waals surface area contributed by atoms with Crippen molar-refractivity contribution in [2.24, 2.45) is 7.05 Å². The predicted octanol–water partition coefficient (Wildman–Crippen LogP) is 1.38. The van der Waals surface area contributed by atoms with Crippen LogP contribution in [-0.4, -0.2) is 40.6 Å². The normalized spacial score (nSPS) is 25.4. The summed E-state index contributed by atoms with van der Waals surface area (Å²) in [5.41, 5.74) is 0. The predicted molar refractivity (Wildman–Crippen MR) is 69.8 cm³/mol. The van der Waals surface area contributed by atoms with E-state index >= 15 is 0 Å². The number of nitrogens with zero attached hydrogens (tertiary/aromatic N) is 3. The van der Waals surface area contributed by atoms with Crippen molar-refractivity contribution in [2.75, 3.05) is 14.1 Å². The molecule has 0 amide bonds. The molecule has 1 saturated carbocycles. The van der Waals surface area contributed by atoms with Crippen molar-refractivity contribution in [2.45, 2.75) is 44.3 Å². The van der Waals surface area contributed by atoms with Crippen LogP contribution in [0.25, 0.3) is 0 Å². The molecule has 17 heavy (non-hydrogen) atoms. The third-order valence-electron chi connectivity index (χ3n) is 3.98. The Bertz CT molecular complexity index is 347. The SMILES string of the molecule is CNC1CCCCC1N(C)Cc1nccn1C. The molecule has 0 spiro atoms. The molecule has 4 heteroatoms. The van der Waals surface area contributed by atoms with Crippen molar-refractivity contribution in [1.82, 2.24) is 19.8 Å². The summed E-state index contributed by atoms with van der Waals surface area (Å²) in [6.45, 7) is 0.937. The fraction of sp³-hybridized carbons (Fsp3) is 0.769. The zero-order valence-electron chi connectivity index (χ0n) is 11.2. The summed E-state index contributed by atoms with van der Waals surface area (Å²) in [5, 5.41) is 3.46. The first-order chi connectivity index (χ1) is 8.22. The second kappa shape index (κ2) is 5.65. The van der Waals surface area contributed by atoms with E-state index in [-0.39, 0.29) is 0 Å². The highest BCUT2D eigenvalue weighted by molar-refractivity contribution is 4.94. The highest BCUT2D eigenvalue weighted by Crippen LogP contribution is 2.23. The molecule has 1 N–H and O–H groups in total. The van der Waals surface area contributed by atoms with Crippen molar-refractivity contribution < 1.29 is 0 Å². The number of nitrogens with one attached hydrogen (secondary N) is 1. The summed E-state index contributed by atoms with van der Waals surface area (Å²) >= 11 is 0. The van der Waals surface area contributed by atoms with Gasteiger partial charge in [0.2, 0.25) is 0 Å². The molecule has 1 aliphatic rings. The molecular formula is C13H24N4. The number of aromatic nitrogens is 2. The second-order valence-electron chi connectivity index (χ2n) is 5.12. The van der Waals surface area contributed by atoms with Crippen LogP contribution in [-0.2, 0) is 13.6 Å². The Kier molecular flexibility index (Phi) is 4.18. The lowest BCUT2D eigenvalue weighted by atomic mass is 9.89. The van der Waals surface area contributed by atoms with Gasteiger partial charge in [-0.05, 0) is 26.9 Å². The van der Waals surface area contributed by atoms with Gasteiger partial charge in [-0.1, -0.05) is 12.8 Å². The van der Waals surface area contributed by atoms with E-state index in [1.165, 1.54) is 25.7 Å². The first kappa shape index (κ1) is 12.6. The largest absolute Gasteiger partial charge is 0.337 e.